The van der Waals surface area contributed by atoms with Crippen molar-refractivity contribution in [3.8, 4) is 0 Å². The van der Waals surface area contributed by atoms with E-state index in [4.69, 9.17) is 31.0 Å². The number of morpholine rings is 1. The van der Waals surface area contributed by atoms with Crippen LogP contribution in [0.4, 0.5) is 5.82 Å². The quantitative estimate of drug-likeness (QED) is 0.380. The van der Waals surface area contributed by atoms with E-state index in [1.165, 1.54) is 11.1 Å². The number of thioether (sulfide) groups is 1. The molecule has 0 amide bonds. The number of hydrogen-bond acceptors (Lipinski definition) is 8. The molecule has 164 valence electrons. The third kappa shape index (κ3) is 4.16. The van der Waals surface area contributed by atoms with Crippen LogP contribution in [0.25, 0.3) is 20.4 Å². The fraction of sp³-hybridized carbons (Fsp3) is 0.500. The monoisotopic (exact) mass is 476 g/mol. The molecule has 5 rings (SSSR count). The smallest absolute Gasteiger partial charge is 0.136 e. The Hall–Kier alpha value is -1.45. The van der Waals surface area contributed by atoms with E-state index < -0.39 is 0 Å². The second-order valence-electron chi connectivity index (χ2n) is 8.46. The minimum atomic E-state index is -0.217. The standard InChI is InChI=1S/C22H25ClN4O2S2/c1-13(23)4-9-30-21-18-17(24-12-25-21)16-14-10-22(2,3)29-11-15(14)19(26-20(16)31-18)27-5-7-28-8-6-27/h4,12H,5-11H2,1-3H3/b13-4+. The first-order valence-corrected chi connectivity index (χ1v) is 12.6. The van der Waals surface area contributed by atoms with Crippen LogP contribution >= 0.6 is 34.7 Å². The van der Waals surface area contributed by atoms with Gasteiger partial charge in [0.15, 0.2) is 0 Å². The number of allylic oxidation sites excluding steroid dienone is 1. The average Bonchev–Trinajstić information content (AvgIpc) is 3.12. The minimum absolute atomic E-state index is 0.217. The zero-order valence-electron chi connectivity index (χ0n) is 17.9. The van der Waals surface area contributed by atoms with Crippen LogP contribution in [0, 0.1) is 0 Å². The number of thiophene rings is 1. The van der Waals surface area contributed by atoms with Crippen molar-refractivity contribution >= 4 is 61.0 Å². The van der Waals surface area contributed by atoms with Gasteiger partial charge in [-0.05, 0) is 26.3 Å². The molecule has 1 saturated heterocycles. The van der Waals surface area contributed by atoms with Crippen molar-refractivity contribution in [3.05, 3.63) is 28.6 Å². The van der Waals surface area contributed by atoms with Gasteiger partial charge in [-0.1, -0.05) is 17.7 Å². The number of aromatic nitrogens is 3. The van der Waals surface area contributed by atoms with Crippen LogP contribution < -0.4 is 4.90 Å². The molecular formula is C22H25ClN4O2S2. The normalized spacial score (nSPS) is 19.2. The van der Waals surface area contributed by atoms with Gasteiger partial charge in [0.25, 0.3) is 0 Å². The molecule has 5 heterocycles. The highest BCUT2D eigenvalue weighted by Gasteiger charge is 2.33. The number of fused-ring (bicyclic) bond motifs is 5. The van der Waals surface area contributed by atoms with Crippen molar-refractivity contribution < 1.29 is 9.47 Å². The van der Waals surface area contributed by atoms with Crippen LogP contribution in [-0.4, -0.2) is 52.6 Å². The van der Waals surface area contributed by atoms with Gasteiger partial charge in [0.05, 0.1) is 35.6 Å². The van der Waals surface area contributed by atoms with E-state index in [-0.39, 0.29) is 5.60 Å². The minimum Gasteiger partial charge on any atom is -0.378 e. The average molecular weight is 477 g/mol. The Bertz CT molecular complexity index is 1170. The van der Waals surface area contributed by atoms with Gasteiger partial charge in [-0.3, -0.25) is 0 Å². The molecule has 1 fully saturated rings. The lowest BCUT2D eigenvalue weighted by molar-refractivity contribution is -0.0396. The van der Waals surface area contributed by atoms with E-state index >= 15 is 0 Å². The maximum atomic E-state index is 6.21. The van der Waals surface area contributed by atoms with Crippen LogP contribution in [0.3, 0.4) is 0 Å². The summed E-state index contributed by atoms with van der Waals surface area (Å²) in [5.74, 6) is 1.82. The molecule has 6 nitrogen and oxygen atoms in total. The topological polar surface area (TPSA) is 60.4 Å². The maximum Gasteiger partial charge on any atom is 0.136 e. The number of nitrogens with zero attached hydrogens (tertiary/aromatic N) is 4. The highest BCUT2D eigenvalue weighted by Crippen LogP contribution is 2.44. The lowest BCUT2D eigenvalue weighted by atomic mass is 9.90. The van der Waals surface area contributed by atoms with E-state index in [0.29, 0.717) is 6.61 Å². The largest absolute Gasteiger partial charge is 0.378 e. The van der Waals surface area contributed by atoms with E-state index in [2.05, 4.69) is 23.7 Å². The third-order valence-electron chi connectivity index (χ3n) is 5.67. The molecule has 0 aliphatic carbocycles. The van der Waals surface area contributed by atoms with Crippen molar-refractivity contribution in [2.24, 2.45) is 0 Å². The third-order valence-corrected chi connectivity index (χ3v) is 7.95. The van der Waals surface area contributed by atoms with Crippen LogP contribution in [0.5, 0.6) is 0 Å². The van der Waals surface area contributed by atoms with Gasteiger partial charge in [0, 0.05) is 41.2 Å². The predicted octanol–water partition coefficient (Wildman–Crippen LogP) is 5.16. The van der Waals surface area contributed by atoms with Gasteiger partial charge in [0.2, 0.25) is 0 Å². The molecule has 0 saturated carbocycles. The van der Waals surface area contributed by atoms with Gasteiger partial charge in [-0.25, -0.2) is 15.0 Å². The molecule has 0 bridgehead atoms. The summed E-state index contributed by atoms with van der Waals surface area (Å²) in [6, 6.07) is 0. The van der Waals surface area contributed by atoms with Gasteiger partial charge in [-0.15, -0.1) is 23.1 Å². The Labute approximate surface area is 195 Å². The Morgan fingerprint density at radius 3 is 2.87 bits per heavy atom. The van der Waals surface area contributed by atoms with Gasteiger partial charge in [0.1, 0.15) is 22.0 Å². The number of halogens is 1. The summed E-state index contributed by atoms with van der Waals surface area (Å²) < 4.78 is 12.9. The fourth-order valence-electron chi connectivity index (χ4n) is 4.14. The lowest BCUT2D eigenvalue weighted by Gasteiger charge is -2.36. The zero-order chi connectivity index (χ0) is 21.6. The van der Waals surface area contributed by atoms with Gasteiger partial charge >= 0.3 is 0 Å². The second kappa shape index (κ2) is 8.48. The Kier molecular flexibility index (Phi) is 5.85. The Morgan fingerprint density at radius 1 is 1.29 bits per heavy atom. The summed E-state index contributed by atoms with van der Waals surface area (Å²) in [4.78, 5) is 17.8. The maximum absolute atomic E-state index is 6.21. The first kappa shape index (κ1) is 21.4. The Morgan fingerprint density at radius 2 is 2.10 bits per heavy atom. The molecule has 9 heteroatoms. The molecule has 3 aromatic rings. The number of ether oxygens (including phenoxy) is 2. The van der Waals surface area contributed by atoms with Crippen molar-refractivity contribution in [1.82, 2.24) is 15.0 Å². The molecule has 0 radical (unpaired) electrons. The van der Waals surface area contributed by atoms with E-state index in [1.807, 2.05) is 13.0 Å². The van der Waals surface area contributed by atoms with Crippen molar-refractivity contribution in [3.63, 3.8) is 0 Å². The van der Waals surface area contributed by atoms with Gasteiger partial charge < -0.3 is 14.4 Å². The first-order valence-electron chi connectivity index (χ1n) is 10.4. The van der Waals surface area contributed by atoms with E-state index in [1.54, 1.807) is 29.4 Å². The molecule has 0 atom stereocenters. The summed E-state index contributed by atoms with van der Waals surface area (Å²) in [7, 11) is 0. The molecule has 2 aliphatic heterocycles. The first-order chi connectivity index (χ1) is 14.9. The van der Waals surface area contributed by atoms with Crippen LogP contribution in [0.15, 0.2) is 22.5 Å². The summed E-state index contributed by atoms with van der Waals surface area (Å²) in [5, 5.41) is 2.94. The predicted molar refractivity (Wildman–Crippen MR) is 129 cm³/mol. The van der Waals surface area contributed by atoms with Crippen LogP contribution in [-0.2, 0) is 22.5 Å². The summed E-state index contributed by atoms with van der Waals surface area (Å²) in [5.41, 5.74) is 3.30. The molecule has 2 aliphatic rings. The molecule has 3 aromatic heterocycles. The van der Waals surface area contributed by atoms with Crippen molar-refractivity contribution in [2.45, 2.75) is 44.4 Å². The molecule has 0 N–H and O–H groups in total. The summed E-state index contributed by atoms with van der Waals surface area (Å²) in [6.07, 6.45) is 4.51. The van der Waals surface area contributed by atoms with Crippen LogP contribution in [0.1, 0.15) is 31.9 Å². The lowest BCUT2D eigenvalue weighted by Crippen LogP contribution is -2.39. The highest BCUT2D eigenvalue weighted by atomic mass is 35.5. The Balaban J connectivity index is 1.70. The molecular weight excluding hydrogens is 452 g/mol. The fourth-order valence-corrected chi connectivity index (χ4v) is 6.49. The highest BCUT2D eigenvalue weighted by molar-refractivity contribution is 7.99. The van der Waals surface area contributed by atoms with Crippen molar-refractivity contribution in [2.75, 3.05) is 37.0 Å². The number of anilines is 1. The summed E-state index contributed by atoms with van der Waals surface area (Å²) >= 11 is 9.38. The van der Waals surface area contributed by atoms with E-state index in [9.17, 15) is 0 Å². The van der Waals surface area contributed by atoms with Crippen molar-refractivity contribution in [1.29, 1.82) is 0 Å². The molecule has 0 spiro atoms. The number of hydrogen-bond donors (Lipinski definition) is 0. The molecule has 0 unspecified atom stereocenters. The second-order valence-corrected chi connectivity index (χ2v) is 11.1. The van der Waals surface area contributed by atoms with E-state index in [0.717, 1.165) is 74.8 Å². The van der Waals surface area contributed by atoms with Gasteiger partial charge in [-0.2, -0.15) is 0 Å². The molecule has 0 aromatic carbocycles. The number of rotatable bonds is 4. The number of pyridine rings is 1. The zero-order valence-corrected chi connectivity index (χ0v) is 20.3. The molecule has 31 heavy (non-hydrogen) atoms. The van der Waals surface area contributed by atoms with Crippen LogP contribution in [0.2, 0.25) is 0 Å². The SMILES string of the molecule is C/C(Cl)=C\CSc1ncnc2c1sc1nc(N3CCOCC3)c3c(c12)CC(C)(C)OC3. The summed E-state index contributed by atoms with van der Waals surface area (Å²) in [6.45, 7) is 9.94.